The van der Waals surface area contributed by atoms with Gasteiger partial charge in [-0.1, -0.05) is 28.4 Å². The van der Waals surface area contributed by atoms with Crippen LogP contribution in [0.25, 0.3) is 0 Å². The number of halogens is 1. The first-order valence-corrected chi connectivity index (χ1v) is 6.55. The lowest BCUT2D eigenvalue weighted by Gasteiger charge is -2.15. The highest BCUT2D eigenvalue weighted by atomic mass is 79.9. The number of benzene rings is 1. The van der Waals surface area contributed by atoms with E-state index in [2.05, 4.69) is 15.9 Å². The van der Waals surface area contributed by atoms with Gasteiger partial charge in [0.1, 0.15) is 0 Å². The molecule has 2 atom stereocenters. The Morgan fingerprint density at radius 2 is 2.24 bits per heavy atom. The predicted molar refractivity (Wildman–Crippen MR) is 69.8 cm³/mol. The van der Waals surface area contributed by atoms with E-state index in [1.54, 1.807) is 6.07 Å². The summed E-state index contributed by atoms with van der Waals surface area (Å²) in [5, 5.41) is 11.0. The van der Waals surface area contributed by atoms with Crippen LogP contribution in [-0.4, -0.2) is 11.0 Å². The highest BCUT2D eigenvalue weighted by molar-refractivity contribution is 9.10. The van der Waals surface area contributed by atoms with Crippen LogP contribution in [0.3, 0.4) is 0 Å². The Balaban J connectivity index is 2.22. The van der Waals surface area contributed by atoms with Gasteiger partial charge in [0.15, 0.2) is 0 Å². The molecule has 2 unspecified atom stereocenters. The summed E-state index contributed by atoms with van der Waals surface area (Å²) in [7, 11) is 0. The van der Waals surface area contributed by atoms with Crippen LogP contribution in [0.4, 0.5) is 5.69 Å². The van der Waals surface area contributed by atoms with Crippen LogP contribution in [0.2, 0.25) is 0 Å². The van der Waals surface area contributed by atoms with Crippen molar-refractivity contribution in [3.05, 3.63) is 38.3 Å². The van der Waals surface area contributed by atoms with E-state index in [4.69, 9.17) is 5.73 Å². The van der Waals surface area contributed by atoms with Crippen molar-refractivity contribution in [3.8, 4) is 0 Å². The summed E-state index contributed by atoms with van der Waals surface area (Å²) in [6.07, 6.45) is 3.96. The molecule has 1 saturated carbocycles. The maximum Gasteiger partial charge on any atom is 0.273 e. The maximum atomic E-state index is 11.0. The molecule has 0 heterocycles. The van der Waals surface area contributed by atoms with Crippen molar-refractivity contribution < 1.29 is 4.92 Å². The minimum Gasteiger partial charge on any atom is -0.327 e. The molecular weight excluding hydrogens is 284 g/mol. The van der Waals surface area contributed by atoms with Gasteiger partial charge in [0.05, 0.1) is 4.92 Å². The minimum absolute atomic E-state index is 0.193. The Bertz CT molecular complexity index is 437. The highest BCUT2D eigenvalue weighted by Crippen LogP contribution is 2.31. The molecule has 1 aliphatic rings. The molecule has 1 aromatic carbocycles. The topological polar surface area (TPSA) is 69.2 Å². The van der Waals surface area contributed by atoms with E-state index in [1.165, 1.54) is 0 Å². The number of nitro groups is 1. The van der Waals surface area contributed by atoms with E-state index < -0.39 is 0 Å². The number of hydrogen-bond acceptors (Lipinski definition) is 3. The summed E-state index contributed by atoms with van der Waals surface area (Å²) in [5.74, 6) is 0.384. The average molecular weight is 299 g/mol. The molecule has 1 aliphatic carbocycles. The largest absolute Gasteiger partial charge is 0.327 e. The van der Waals surface area contributed by atoms with Crippen LogP contribution in [-0.2, 0) is 6.42 Å². The Kier molecular flexibility index (Phi) is 3.79. The Morgan fingerprint density at radius 1 is 1.47 bits per heavy atom. The van der Waals surface area contributed by atoms with Crippen molar-refractivity contribution in [1.82, 2.24) is 0 Å². The molecule has 1 aromatic rings. The van der Waals surface area contributed by atoms with Gasteiger partial charge in [-0.2, -0.15) is 0 Å². The van der Waals surface area contributed by atoms with Crippen molar-refractivity contribution in [3.63, 3.8) is 0 Å². The molecule has 0 saturated heterocycles. The van der Waals surface area contributed by atoms with Crippen molar-refractivity contribution >= 4 is 21.6 Å². The lowest BCUT2D eigenvalue weighted by molar-refractivity contribution is -0.385. The zero-order valence-corrected chi connectivity index (χ0v) is 11.0. The molecule has 0 aliphatic heterocycles. The Labute approximate surface area is 108 Å². The number of nitrogens with two attached hydrogens (primary N) is 1. The zero-order chi connectivity index (χ0) is 12.4. The molecule has 0 bridgehead atoms. The smallest absolute Gasteiger partial charge is 0.273 e. The Hall–Kier alpha value is -0.940. The molecule has 4 nitrogen and oxygen atoms in total. The number of hydrogen-bond donors (Lipinski definition) is 1. The zero-order valence-electron chi connectivity index (χ0n) is 9.43. The van der Waals surface area contributed by atoms with Crippen molar-refractivity contribution in [2.45, 2.75) is 31.7 Å². The molecule has 2 N–H and O–H groups in total. The summed E-state index contributed by atoms with van der Waals surface area (Å²) < 4.78 is 0.740. The number of rotatable bonds is 3. The molecule has 0 radical (unpaired) electrons. The van der Waals surface area contributed by atoms with E-state index in [0.29, 0.717) is 12.3 Å². The highest BCUT2D eigenvalue weighted by Gasteiger charge is 2.26. The monoisotopic (exact) mass is 298 g/mol. The lowest BCUT2D eigenvalue weighted by atomic mass is 9.94. The molecule has 0 spiro atoms. The summed E-state index contributed by atoms with van der Waals surface area (Å²) >= 11 is 3.26. The van der Waals surface area contributed by atoms with Crippen LogP contribution >= 0.6 is 15.9 Å². The summed E-state index contributed by atoms with van der Waals surface area (Å²) in [6.45, 7) is 0. The van der Waals surface area contributed by atoms with Crippen molar-refractivity contribution in [1.29, 1.82) is 0 Å². The SMILES string of the molecule is NC1CCCC1Cc1ccc(Br)cc1[N+](=O)[O-]. The van der Waals surface area contributed by atoms with Crippen LogP contribution in [0.5, 0.6) is 0 Å². The number of nitro benzene ring substituents is 1. The van der Waals surface area contributed by atoms with Crippen LogP contribution in [0.15, 0.2) is 22.7 Å². The summed E-state index contributed by atoms with van der Waals surface area (Å²) in [5.41, 5.74) is 6.99. The second-order valence-electron chi connectivity index (χ2n) is 4.59. The third kappa shape index (κ3) is 2.84. The Morgan fingerprint density at radius 3 is 2.82 bits per heavy atom. The summed E-state index contributed by atoms with van der Waals surface area (Å²) in [4.78, 5) is 10.7. The van der Waals surface area contributed by atoms with E-state index in [1.807, 2.05) is 12.1 Å². The first-order chi connectivity index (χ1) is 8.08. The van der Waals surface area contributed by atoms with Gasteiger partial charge >= 0.3 is 0 Å². The van der Waals surface area contributed by atoms with Crippen molar-refractivity contribution in [2.24, 2.45) is 11.7 Å². The lowest BCUT2D eigenvalue weighted by Crippen LogP contribution is -2.26. The van der Waals surface area contributed by atoms with Gasteiger partial charge in [-0.25, -0.2) is 0 Å². The molecule has 17 heavy (non-hydrogen) atoms. The fourth-order valence-electron chi connectivity index (χ4n) is 2.48. The fraction of sp³-hybridized carbons (Fsp3) is 0.500. The van der Waals surface area contributed by atoms with Gasteiger partial charge < -0.3 is 5.73 Å². The number of nitrogens with zero attached hydrogens (tertiary/aromatic N) is 1. The molecular formula is C12H15BrN2O2. The van der Waals surface area contributed by atoms with Gasteiger partial charge in [0, 0.05) is 22.1 Å². The quantitative estimate of drug-likeness (QED) is 0.689. The molecule has 92 valence electrons. The minimum atomic E-state index is -0.319. The van der Waals surface area contributed by atoms with E-state index >= 15 is 0 Å². The normalized spacial score (nSPS) is 23.9. The first kappa shape index (κ1) is 12.5. The first-order valence-electron chi connectivity index (χ1n) is 5.76. The molecule has 1 fully saturated rings. The van der Waals surface area contributed by atoms with E-state index in [0.717, 1.165) is 29.3 Å². The predicted octanol–water partition coefficient (Wildman–Crippen LogP) is 3.03. The van der Waals surface area contributed by atoms with Crippen LogP contribution in [0.1, 0.15) is 24.8 Å². The summed E-state index contributed by atoms with van der Waals surface area (Å²) in [6, 6.07) is 5.43. The molecule has 0 aromatic heterocycles. The second kappa shape index (κ2) is 5.14. The molecule has 2 rings (SSSR count). The van der Waals surface area contributed by atoms with Gasteiger partial charge in [0.2, 0.25) is 0 Å². The van der Waals surface area contributed by atoms with Gasteiger partial charge in [-0.05, 0) is 31.2 Å². The van der Waals surface area contributed by atoms with Crippen molar-refractivity contribution in [2.75, 3.05) is 0 Å². The second-order valence-corrected chi connectivity index (χ2v) is 5.50. The fourth-order valence-corrected chi connectivity index (χ4v) is 2.83. The van der Waals surface area contributed by atoms with E-state index in [9.17, 15) is 10.1 Å². The molecule has 5 heteroatoms. The maximum absolute atomic E-state index is 11.0. The van der Waals surface area contributed by atoms with E-state index in [-0.39, 0.29) is 16.7 Å². The van der Waals surface area contributed by atoms with Gasteiger partial charge in [-0.15, -0.1) is 0 Å². The molecule has 0 amide bonds. The van der Waals surface area contributed by atoms with Crippen LogP contribution < -0.4 is 5.73 Å². The van der Waals surface area contributed by atoms with Gasteiger partial charge in [0.25, 0.3) is 5.69 Å². The third-order valence-electron chi connectivity index (χ3n) is 3.44. The third-order valence-corrected chi connectivity index (χ3v) is 3.94. The average Bonchev–Trinajstić information content (AvgIpc) is 2.67. The standard InChI is InChI=1S/C12H15BrN2O2/c13-10-5-4-9(12(7-10)15(16)17)6-8-2-1-3-11(8)14/h4-5,7-8,11H,1-3,6,14H2. The van der Waals surface area contributed by atoms with Crippen LogP contribution in [0, 0.1) is 16.0 Å². The van der Waals surface area contributed by atoms with Gasteiger partial charge in [-0.3, -0.25) is 10.1 Å².